The minimum atomic E-state index is -0.709. The molecular formula is C9H12N2O3. The molecule has 0 aromatic carbocycles. The molecule has 14 heavy (non-hydrogen) atoms. The van der Waals surface area contributed by atoms with Gasteiger partial charge in [0, 0.05) is 6.20 Å². The second-order valence-electron chi connectivity index (χ2n) is 2.72. The molecule has 1 N–H and O–H groups in total. The molecular weight excluding hydrogens is 184 g/mol. The summed E-state index contributed by atoms with van der Waals surface area (Å²) in [5.74, 6) is 0. The lowest BCUT2D eigenvalue weighted by Gasteiger charge is -1.99. The summed E-state index contributed by atoms with van der Waals surface area (Å²) in [4.78, 5) is 14.5. The van der Waals surface area contributed by atoms with Gasteiger partial charge < -0.3 is 9.94 Å². The number of rotatable bonds is 1. The summed E-state index contributed by atoms with van der Waals surface area (Å²) in [7, 11) is 0. The Kier molecular flexibility index (Phi) is 3.28. The van der Waals surface area contributed by atoms with Crippen molar-refractivity contribution in [3.05, 3.63) is 29.4 Å². The highest BCUT2D eigenvalue weighted by atomic mass is 16.5. The SMILES string of the molecule is CCOC(=O)N=c1ccc(C)cn1O. The van der Waals surface area contributed by atoms with Crippen molar-refractivity contribution in [2.75, 3.05) is 6.61 Å². The van der Waals surface area contributed by atoms with E-state index in [9.17, 15) is 10.0 Å². The highest BCUT2D eigenvalue weighted by molar-refractivity contribution is 5.68. The van der Waals surface area contributed by atoms with E-state index in [-0.39, 0.29) is 12.1 Å². The second kappa shape index (κ2) is 4.45. The van der Waals surface area contributed by atoms with E-state index in [0.29, 0.717) is 0 Å². The van der Waals surface area contributed by atoms with Crippen molar-refractivity contribution in [2.24, 2.45) is 4.99 Å². The van der Waals surface area contributed by atoms with Gasteiger partial charge in [0.1, 0.15) is 0 Å². The van der Waals surface area contributed by atoms with Crippen LogP contribution in [-0.4, -0.2) is 22.6 Å². The van der Waals surface area contributed by atoms with Gasteiger partial charge in [-0.3, -0.25) is 0 Å². The fourth-order valence-electron chi connectivity index (χ4n) is 0.922. The lowest BCUT2D eigenvalue weighted by atomic mass is 10.3. The molecule has 1 aromatic heterocycles. The highest BCUT2D eigenvalue weighted by Crippen LogP contribution is 1.90. The van der Waals surface area contributed by atoms with Crippen LogP contribution in [-0.2, 0) is 4.74 Å². The van der Waals surface area contributed by atoms with Crippen LogP contribution in [0.3, 0.4) is 0 Å². The monoisotopic (exact) mass is 196 g/mol. The Balaban J connectivity index is 3.01. The second-order valence-corrected chi connectivity index (χ2v) is 2.72. The molecule has 0 spiro atoms. The van der Waals surface area contributed by atoms with Crippen molar-refractivity contribution in [2.45, 2.75) is 13.8 Å². The smallest absolute Gasteiger partial charge is 0.435 e. The van der Waals surface area contributed by atoms with Crippen LogP contribution in [0.1, 0.15) is 12.5 Å². The Morgan fingerprint density at radius 3 is 2.93 bits per heavy atom. The molecule has 76 valence electrons. The molecule has 0 saturated heterocycles. The van der Waals surface area contributed by atoms with Crippen LogP contribution in [0.4, 0.5) is 4.79 Å². The number of carbonyl (C=O) groups excluding carboxylic acids is 1. The number of aryl methyl sites for hydroxylation is 1. The van der Waals surface area contributed by atoms with Crippen molar-refractivity contribution in [1.82, 2.24) is 4.73 Å². The number of nitrogens with zero attached hydrogens (tertiary/aromatic N) is 2. The van der Waals surface area contributed by atoms with Crippen LogP contribution < -0.4 is 5.49 Å². The summed E-state index contributed by atoms with van der Waals surface area (Å²) >= 11 is 0. The summed E-state index contributed by atoms with van der Waals surface area (Å²) < 4.78 is 5.38. The van der Waals surface area contributed by atoms with Gasteiger partial charge in [-0.2, -0.15) is 9.72 Å². The molecule has 0 atom stereocenters. The average molecular weight is 196 g/mol. The van der Waals surface area contributed by atoms with Gasteiger partial charge in [0.25, 0.3) is 0 Å². The number of hydrogen-bond acceptors (Lipinski definition) is 3. The zero-order valence-electron chi connectivity index (χ0n) is 8.10. The maximum atomic E-state index is 10.9. The molecule has 0 aliphatic carbocycles. The summed E-state index contributed by atoms with van der Waals surface area (Å²) in [5, 5.41) is 9.32. The zero-order chi connectivity index (χ0) is 10.6. The molecule has 0 aliphatic rings. The fraction of sp³-hybridized carbons (Fsp3) is 0.333. The van der Waals surface area contributed by atoms with E-state index in [2.05, 4.69) is 9.73 Å². The third-order valence-corrected chi connectivity index (χ3v) is 1.53. The predicted octanol–water partition coefficient (Wildman–Crippen LogP) is 1.09. The Hall–Kier alpha value is -1.78. The lowest BCUT2D eigenvalue weighted by molar-refractivity contribution is 0.153. The van der Waals surface area contributed by atoms with E-state index < -0.39 is 6.09 Å². The quantitative estimate of drug-likeness (QED) is 0.684. The van der Waals surface area contributed by atoms with Crippen LogP contribution in [0.2, 0.25) is 0 Å². The van der Waals surface area contributed by atoms with Crippen LogP contribution in [0.15, 0.2) is 23.3 Å². The molecule has 5 heteroatoms. The molecule has 1 heterocycles. The molecule has 5 nitrogen and oxygen atoms in total. The maximum absolute atomic E-state index is 10.9. The van der Waals surface area contributed by atoms with E-state index in [1.165, 1.54) is 12.3 Å². The van der Waals surface area contributed by atoms with E-state index >= 15 is 0 Å². The summed E-state index contributed by atoms with van der Waals surface area (Å²) in [6.07, 6.45) is 0.747. The first kappa shape index (κ1) is 10.3. The number of amides is 1. The Bertz CT molecular complexity index is 395. The number of pyridine rings is 1. The number of ether oxygens (including phenoxy) is 1. The number of aromatic nitrogens is 1. The third kappa shape index (κ3) is 2.62. The molecule has 0 fully saturated rings. The average Bonchev–Trinajstić information content (AvgIpc) is 2.10. The predicted molar refractivity (Wildman–Crippen MR) is 48.9 cm³/mol. The van der Waals surface area contributed by atoms with Crippen molar-refractivity contribution < 1.29 is 14.7 Å². The van der Waals surface area contributed by atoms with E-state index in [1.54, 1.807) is 13.0 Å². The lowest BCUT2D eigenvalue weighted by Crippen LogP contribution is -2.20. The van der Waals surface area contributed by atoms with Crippen LogP contribution in [0.5, 0.6) is 0 Å². The zero-order valence-corrected chi connectivity index (χ0v) is 8.10. The Morgan fingerprint density at radius 1 is 1.64 bits per heavy atom. The van der Waals surface area contributed by atoms with Gasteiger partial charge in [0.15, 0.2) is 5.49 Å². The largest absolute Gasteiger partial charge is 0.448 e. The summed E-state index contributed by atoms with van der Waals surface area (Å²) in [6.45, 7) is 3.77. The van der Waals surface area contributed by atoms with E-state index in [0.717, 1.165) is 10.3 Å². The number of carbonyl (C=O) groups is 1. The fourth-order valence-corrected chi connectivity index (χ4v) is 0.922. The Morgan fingerprint density at radius 2 is 2.36 bits per heavy atom. The third-order valence-electron chi connectivity index (χ3n) is 1.53. The standard InChI is InChI=1S/C9H12N2O3/c1-3-14-9(12)10-8-5-4-7(2)6-11(8)13/h4-6,13H,3H2,1-2H3. The number of hydrogen-bond donors (Lipinski definition) is 1. The molecule has 0 bridgehead atoms. The van der Waals surface area contributed by atoms with Gasteiger partial charge in [-0.15, -0.1) is 0 Å². The summed E-state index contributed by atoms with van der Waals surface area (Å²) in [6, 6.07) is 3.27. The first-order valence-corrected chi connectivity index (χ1v) is 4.23. The van der Waals surface area contributed by atoms with Crippen LogP contribution in [0, 0.1) is 6.92 Å². The van der Waals surface area contributed by atoms with Gasteiger partial charge in [-0.1, -0.05) is 6.07 Å². The van der Waals surface area contributed by atoms with Gasteiger partial charge in [0.2, 0.25) is 0 Å². The molecule has 0 radical (unpaired) electrons. The van der Waals surface area contributed by atoms with E-state index in [4.69, 9.17) is 0 Å². The maximum Gasteiger partial charge on any atom is 0.435 e. The van der Waals surface area contributed by atoms with E-state index in [1.807, 2.05) is 6.92 Å². The normalized spacial score (nSPS) is 11.4. The van der Waals surface area contributed by atoms with Crippen LogP contribution in [0.25, 0.3) is 0 Å². The van der Waals surface area contributed by atoms with Crippen molar-refractivity contribution in [1.29, 1.82) is 0 Å². The van der Waals surface area contributed by atoms with Crippen molar-refractivity contribution >= 4 is 6.09 Å². The van der Waals surface area contributed by atoms with Crippen LogP contribution >= 0.6 is 0 Å². The van der Waals surface area contributed by atoms with Crippen molar-refractivity contribution in [3.8, 4) is 0 Å². The molecule has 0 saturated carbocycles. The first-order valence-electron chi connectivity index (χ1n) is 4.23. The van der Waals surface area contributed by atoms with Gasteiger partial charge in [-0.25, -0.2) is 4.79 Å². The van der Waals surface area contributed by atoms with Gasteiger partial charge >= 0.3 is 6.09 Å². The summed E-state index contributed by atoms with van der Waals surface area (Å²) in [5.41, 5.74) is 1.02. The van der Waals surface area contributed by atoms with Crippen molar-refractivity contribution in [3.63, 3.8) is 0 Å². The minimum Gasteiger partial charge on any atom is -0.448 e. The molecule has 1 rings (SSSR count). The van der Waals surface area contributed by atoms with Gasteiger partial charge in [0.05, 0.1) is 6.61 Å². The topological polar surface area (TPSA) is 63.8 Å². The molecule has 0 unspecified atom stereocenters. The van der Waals surface area contributed by atoms with Gasteiger partial charge in [-0.05, 0) is 25.5 Å². The highest BCUT2D eigenvalue weighted by Gasteiger charge is 1.98. The molecule has 0 aliphatic heterocycles. The first-order chi connectivity index (χ1) is 6.63. The molecule has 1 amide bonds. The minimum absolute atomic E-state index is 0.147. The molecule has 1 aromatic rings. The Labute approximate surface area is 81.2 Å².